The Kier molecular flexibility index (Phi) is 4.66. The Morgan fingerprint density at radius 2 is 1.83 bits per heavy atom. The fraction of sp³-hybridized carbons (Fsp3) is 0.933. The summed E-state index contributed by atoms with van der Waals surface area (Å²) in [6.07, 6.45) is 4.55. The summed E-state index contributed by atoms with van der Waals surface area (Å²) in [6, 6.07) is 0.623. The van der Waals surface area contributed by atoms with E-state index in [1.165, 1.54) is 12.8 Å². The Labute approximate surface area is 112 Å². The van der Waals surface area contributed by atoms with Crippen LogP contribution < -0.4 is 0 Å². The summed E-state index contributed by atoms with van der Waals surface area (Å²) in [5, 5.41) is 0. The number of likely N-dealkylation sites (tertiary alicyclic amines) is 2. The van der Waals surface area contributed by atoms with Gasteiger partial charge in [-0.1, -0.05) is 13.3 Å². The van der Waals surface area contributed by atoms with E-state index >= 15 is 0 Å². The molecule has 3 heteroatoms. The van der Waals surface area contributed by atoms with Crippen LogP contribution in [-0.4, -0.2) is 47.9 Å². The Morgan fingerprint density at radius 3 is 2.33 bits per heavy atom. The highest BCUT2D eigenvalue weighted by Crippen LogP contribution is 2.25. The van der Waals surface area contributed by atoms with Crippen LogP contribution in [0.4, 0.5) is 0 Å². The molecule has 2 saturated heterocycles. The minimum atomic E-state index is 0.301. The van der Waals surface area contributed by atoms with Crippen molar-refractivity contribution in [3.63, 3.8) is 0 Å². The topological polar surface area (TPSA) is 23.6 Å². The zero-order valence-corrected chi connectivity index (χ0v) is 12.2. The van der Waals surface area contributed by atoms with Crippen molar-refractivity contribution in [1.82, 2.24) is 9.80 Å². The molecule has 0 aromatic carbocycles. The van der Waals surface area contributed by atoms with Gasteiger partial charge >= 0.3 is 0 Å². The van der Waals surface area contributed by atoms with E-state index in [4.69, 9.17) is 0 Å². The van der Waals surface area contributed by atoms with Crippen LogP contribution in [0, 0.1) is 11.8 Å². The van der Waals surface area contributed by atoms with Crippen molar-refractivity contribution in [3.05, 3.63) is 0 Å². The van der Waals surface area contributed by atoms with Gasteiger partial charge in [-0.05, 0) is 52.1 Å². The van der Waals surface area contributed by atoms with Crippen LogP contribution >= 0.6 is 0 Å². The van der Waals surface area contributed by atoms with Crippen molar-refractivity contribution in [2.24, 2.45) is 11.8 Å². The van der Waals surface area contributed by atoms with E-state index in [-0.39, 0.29) is 0 Å². The van der Waals surface area contributed by atoms with Gasteiger partial charge in [0.15, 0.2) is 0 Å². The molecule has 0 aliphatic carbocycles. The fourth-order valence-corrected chi connectivity index (χ4v) is 3.29. The fourth-order valence-electron chi connectivity index (χ4n) is 3.29. The van der Waals surface area contributed by atoms with Gasteiger partial charge in [-0.3, -0.25) is 4.79 Å². The summed E-state index contributed by atoms with van der Waals surface area (Å²) < 4.78 is 0. The number of nitrogens with zero attached hydrogens (tertiary/aromatic N) is 2. The van der Waals surface area contributed by atoms with Crippen molar-refractivity contribution < 1.29 is 4.79 Å². The zero-order chi connectivity index (χ0) is 13.1. The monoisotopic (exact) mass is 252 g/mol. The van der Waals surface area contributed by atoms with Gasteiger partial charge in [-0.15, -0.1) is 0 Å². The maximum Gasteiger partial charge on any atom is 0.225 e. The number of rotatable bonds is 3. The second-order valence-electron chi connectivity index (χ2n) is 6.25. The van der Waals surface area contributed by atoms with E-state index < -0.39 is 0 Å². The largest absolute Gasteiger partial charge is 0.342 e. The van der Waals surface area contributed by atoms with Gasteiger partial charge < -0.3 is 9.80 Å². The molecular formula is C15H28N2O. The van der Waals surface area contributed by atoms with Crippen molar-refractivity contribution in [2.75, 3.05) is 26.2 Å². The van der Waals surface area contributed by atoms with Crippen molar-refractivity contribution in [1.29, 1.82) is 0 Å². The molecule has 0 spiro atoms. The number of amides is 1. The molecule has 1 unspecified atom stereocenters. The quantitative estimate of drug-likeness (QED) is 0.770. The third kappa shape index (κ3) is 3.05. The molecule has 0 aromatic rings. The first-order valence-electron chi connectivity index (χ1n) is 7.64. The lowest BCUT2D eigenvalue weighted by molar-refractivity contribution is -0.136. The molecule has 0 radical (unpaired) electrons. The first-order chi connectivity index (χ1) is 8.61. The number of hydrogen-bond acceptors (Lipinski definition) is 2. The Hall–Kier alpha value is -0.570. The second kappa shape index (κ2) is 6.05. The molecule has 3 nitrogen and oxygen atoms in total. The Bertz CT molecular complexity index is 282. The Balaban J connectivity index is 1.81. The standard InChI is InChI=1S/C15H28N2O/c1-4-13-5-8-17(11-13)15(18)14-6-9-16(10-7-14)12(2)3/h12-14H,4-11H2,1-3H3. The molecule has 2 aliphatic heterocycles. The van der Waals surface area contributed by atoms with Crippen LogP contribution in [0.2, 0.25) is 0 Å². The van der Waals surface area contributed by atoms with Crippen molar-refractivity contribution >= 4 is 5.91 Å². The van der Waals surface area contributed by atoms with Crippen LogP contribution in [0.25, 0.3) is 0 Å². The lowest BCUT2D eigenvalue weighted by Crippen LogP contribution is -2.44. The van der Waals surface area contributed by atoms with E-state index in [0.29, 0.717) is 17.9 Å². The number of carbonyl (C=O) groups excluding carboxylic acids is 1. The number of piperidine rings is 1. The minimum absolute atomic E-state index is 0.301. The lowest BCUT2D eigenvalue weighted by Gasteiger charge is -2.35. The van der Waals surface area contributed by atoms with Gasteiger partial charge in [0, 0.05) is 25.0 Å². The Morgan fingerprint density at radius 1 is 1.17 bits per heavy atom. The summed E-state index contributed by atoms with van der Waals surface area (Å²) in [7, 11) is 0. The first-order valence-corrected chi connectivity index (χ1v) is 7.64. The second-order valence-corrected chi connectivity index (χ2v) is 6.25. The molecule has 2 fully saturated rings. The molecule has 0 bridgehead atoms. The maximum atomic E-state index is 12.4. The highest BCUT2D eigenvalue weighted by molar-refractivity contribution is 5.79. The van der Waals surface area contributed by atoms with Gasteiger partial charge in [0.1, 0.15) is 0 Å². The lowest BCUT2D eigenvalue weighted by atomic mass is 9.94. The number of hydrogen-bond donors (Lipinski definition) is 0. The summed E-state index contributed by atoms with van der Waals surface area (Å²) >= 11 is 0. The van der Waals surface area contributed by atoms with Crippen LogP contribution in [0.15, 0.2) is 0 Å². The molecule has 18 heavy (non-hydrogen) atoms. The molecular weight excluding hydrogens is 224 g/mol. The molecule has 2 aliphatic rings. The molecule has 2 rings (SSSR count). The maximum absolute atomic E-state index is 12.4. The van der Waals surface area contributed by atoms with Gasteiger partial charge in [-0.25, -0.2) is 0 Å². The highest BCUT2D eigenvalue weighted by atomic mass is 16.2. The van der Waals surface area contributed by atoms with Crippen molar-refractivity contribution in [3.8, 4) is 0 Å². The summed E-state index contributed by atoms with van der Waals surface area (Å²) in [5.74, 6) is 1.50. The van der Waals surface area contributed by atoms with Gasteiger partial charge in [-0.2, -0.15) is 0 Å². The number of carbonyl (C=O) groups is 1. The predicted octanol–water partition coefficient (Wildman–Crippen LogP) is 2.37. The summed E-state index contributed by atoms with van der Waals surface area (Å²) in [6.45, 7) is 10.9. The third-order valence-corrected chi connectivity index (χ3v) is 4.78. The molecule has 1 amide bonds. The molecule has 1 atom stereocenters. The van der Waals surface area contributed by atoms with Crippen LogP contribution in [0.5, 0.6) is 0 Å². The average molecular weight is 252 g/mol. The van der Waals surface area contributed by atoms with Crippen LogP contribution in [-0.2, 0) is 4.79 Å². The normalized spacial score (nSPS) is 27.1. The summed E-state index contributed by atoms with van der Waals surface area (Å²) in [5.41, 5.74) is 0. The van der Waals surface area contributed by atoms with Gasteiger partial charge in [0.2, 0.25) is 5.91 Å². The molecule has 2 heterocycles. The van der Waals surface area contributed by atoms with E-state index in [9.17, 15) is 4.79 Å². The predicted molar refractivity (Wildman–Crippen MR) is 74.4 cm³/mol. The third-order valence-electron chi connectivity index (χ3n) is 4.78. The van der Waals surface area contributed by atoms with E-state index in [2.05, 4.69) is 30.6 Å². The van der Waals surface area contributed by atoms with Gasteiger partial charge in [0.25, 0.3) is 0 Å². The average Bonchev–Trinajstić information content (AvgIpc) is 2.86. The van der Waals surface area contributed by atoms with E-state index in [0.717, 1.165) is 44.9 Å². The van der Waals surface area contributed by atoms with Crippen LogP contribution in [0.3, 0.4) is 0 Å². The first kappa shape index (κ1) is 13.9. The van der Waals surface area contributed by atoms with Crippen molar-refractivity contribution in [2.45, 2.75) is 52.5 Å². The van der Waals surface area contributed by atoms with Gasteiger partial charge in [0.05, 0.1) is 0 Å². The molecule has 0 N–H and O–H groups in total. The van der Waals surface area contributed by atoms with E-state index in [1.807, 2.05) is 0 Å². The summed E-state index contributed by atoms with van der Waals surface area (Å²) in [4.78, 5) is 17.1. The van der Waals surface area contributed by atoms with E-state index in [1.54, 1.807) is 0 Å². The minimum Gasteiger partial charge on any atom is -0.342 e. The van der Waals surface area contributed by atoms with Crippen LogP contribution in [0.1, 0.15) is 46.5 Å². The molecule has 104 valence electrons. The zero-order valence-electron chi connectivity index (χ0n) is 12.2. The molecule has 0 aromatic heterocycles. The molecule has 0 saturated carbocycles. The highest BCUT2D eigenvalue weighted by Gasteiger charge is 2.32. The SMILES string of the molecule is CCC1CCN(C(=O)C2CCN(C(C)C)CC2)C1. The smallest absolute Gasteiger partial charge is 0.225 e.